The number of rotatable bonds is 4. The van der Waals surface area contributed by atoms with Gasteiger partial charge >= 0.3 is 6.18 Å². The van der Waals surface area contributed by atoms with E-state index in [0.717, 1.165) is 23.4 Å². The molecule has 0 radical (unpaired) electrons. The Balaban J connectivity index is 1.89. The second kappa shape index (κ2) is 7.45. The van der Waals surface area contributed by atoms with Gasteiger partial charge in [-0.2, -0.15) is 18.4 Å². The van der Waals surface area contributed by atoms with Crippen LogP contribution in [0.3, 0.4) is 0 Å². The molecule has 0 spiro atoms. The Kier molecular flexibility index (Phi) is 5.24. The van der Waals surface area contributed by atoms with Crippen molar-refractivity contribution in [2.24, 2.45) is 0 Å². The highest BCUT2D eigenvalue weighted by atomic mass is 32.2. The van der Waals surface area contributed by atoms with Crippen molar-refractivity contribution >= 4 is 11.8 Å². The summed E-state index contributed by atoms with van der Waals surface area (Å²) in [6, 6.07) is 11.8. The maximum absolute atomic E-state index is 13.2. The topological polar surface area (TPSA) is 62.7 Å². The first kappa shape index (κ1) is 19.0. The number of thioether (sulfide) groups is 1. The van der Waals surface area contributed by atoms with Gasteiger partial charge in [0, 0.05) is 17.0 Å². The number of benzene rings is 1. The summed E-state index contributed by atoms with van der Waals surface area (Å²) in [5.74, 6) is 1.26. The van der Waals surface area contributed by atoms with E-state index in [1.807, 2.05) is 30.3 Å². The molecule has 0 aliphatic heterocycles. The maximum Gasteiger partial charge on any atom is 0.417 e. The van der Waals surface area contributed by atoms with Gasteiger partial charge in [0.15, 0.2) is 0 Å². The number of hydrogen-bond donors (Lipinski definition) is 0. The van der Waals surface area contributed by atoms with Crippen LogP contribution in [-0.4, -0.2) is 9.97 Å². The number of alkyl halides is 3. The van der Waals surface area contributed by atoms with E-state index in [1.54, 1.807) is 13.0 Å². The van der Waals surface area contributed by atoms with Gasteiger partial charge in [0.05, 0.1) is 16.8 Å². The Morgan fingerprint density at radius 3 is 2.48 bits per heavy atom. The van der Waals surface area contributed by atoms with E-state index in [0.29, 0.717) is 17.3 Å². The Labute approximate surface area is 158 Å². The Bertz CT molecular complexity index is 1010. The fraction of sp³-hybridized carbons (Fsp3) is 0.211. The fourth-order valence-electron chi connectivity index (χ4n) is 2.48. The van der Waals surface area contributed by atoms with Crippen LogP contribution in [0.1, 0.15) is 28.3 Å². The number of pyridine rings is 1. The van der Waals surface area contributed by atoms with E-state index in [9.17, 15) is 18.4 Å². The maximum atomic E-state index is 13.2. The molecule has 0 amide bonds. The van der Waals surface area contributed by atoms with Crippen LogP contribution >= 0.6 is 11.8 Å². The Hall–Kier alpha value is -2.79. The van der Waals surface area contributed by atoms with Crippen molar-refractivity contribution in [2.75, 3.05) is 0 Å². The number of nitriles is 1. The van der Waals surface area contributed by atoms with Crippen molar-refractivity contribution in [1.29, 1.82) is 5.26 Å². The van der Waals surface area contributed by atoms with Gasteiger partial charge in [-0.15, -0.1) is 0 Å². The van der Waals surface area contributed by atoms with E-state index in [-0.39, 0.29) is 16.5 Å². The second-order valence-electron chi connectivity index (χ2n) is 5.78. The van der Waals surface area contributed by atoms with Crippen molar-refractivity contribution in [3.8, 4) is 17.5 Å². The molecule has 2 aromatic heterocycles. The van der Waals surface area contributed by atoms with Gasteiger partial charge < -0.3 is 4.42 Å². The lowest BCUT2D eigenvalue weighted by Crippen LogP contribution is -2.10. The summed E-state index contributed by atoms with van der Waals surface area (Å²) < 4.78 is 45.3. The van der Waals surface area contributed by atoms with Gasteiger partial charge in [-0.05, 0) is 32.0 Å². The molecule has 3 aromatic rings. The van der Waals surface area contributed by atoms with Crippen molar-refractivity contribution in [3.05, 3.63) is 64.7 Å². The molecule has 1 aromatic carbocycles. The van der Waals surface area contributed by atoms with Crippen LogP contribution in [0.5, 0.6) is 0 Å². The van der Waals surface area contributed by atoms with E-state index < -0.39 is 17.3 Å². The van der Waals surface area contributed by atoms with Crippen LogP contribution in [0.4, 0.5) is 13.2 Å². The molecule has 0 saturated heterocycles. The highest BCUT2D eigenvalue weighted by molar-refractivity contribution is 7.98. The van der Waals surface area contributed by atoms with Gasteiger partial charge in [0.25, 0.3) is 0 Å². The third-order valence-electron chi connectivity index (χ3n) is 3.79. The first-order chi connectivity index (χ1) is 12.8. The third-order valence-corrected chi connectivity index (χ3v) is 4.78. The average Bonchev–Trinajstić information content (AvgIpc) is 3.00. The molecule has 0 aliphatic rings. The van der Waals surface area contributed by atoms with Gasteiger partial charge in [-0.25, -0.2) is 9.97 Å². The van der Waals surface area contributed by atoms with Gasteiger partial charge in [-0.1, -0.05) is 30.0 Å². The summed E-state index contributed by atoms with van der Waals surface area (Å²) in [7, 11) is 0. The van der Waals surface area contributed by atoms with Crippen molar-refractivity contribution < 1.29 is 17.6 Å². The fourth-order valence-corrected chi connectivity index (χ4v) is 3.53. The monoisotopic (exact) mass is 389 g/mol. The second-order valence-corrected chi connectivity index (χ2v) is 6.74. The van der Waals surface area contributed by atoms with Crippen LogP contribution < -0.4 is 0 Å². The van der Waals surface area contributed by atoms with E-state index in [4.69, 9.17) is 4.42 Å². The molecule has 0 fully saturated rings. The predicted octanol–water partition coefficient (Wildman–Crippen LogP) is 5.54. The molecule has 0 atom stereocenters. The van der Waals surface area contributed by atoms with E-state index in [1.165, 1.54) is 6.92 Å². The first-order valence-electron chi connectivity index (χ1n) is 7.93. The normalized spacial score (nSPS) is 11.4. The van der Waals surface area contributed by atoms with Crippen molar-refractivity contribution in [3.63, 3.8) is 0 Å². The molecule has 4 nitrogen and oxygen atoms in total. The summed E-state index contributed by atoms with van der Waals surface area (Å²) in [6.07, 6.45) is -4.61. The molecule has 0 unspecified atom stereocenters. The van der Waals surface area contributed by atoms with Crippen molar-refractivity contribution in [2.45, 2.75) is 30.8 Å². The predicted molar refractivity (Wildman–Crippen MR) is 94.9 cm³/mol. The molecule has 0 saturated carbocycles. The average molecular weight is 389 g/mol. The number of hydrogen-bond acceptors (Lipinski definition) is 5. The van der Waals surface area contributed by atoms with E-state index in [2.05, 4.69) is 9.97 Å². The molecular formula is C19H14F3N3OS. The Morgan fingerprint density at radius 2 is 1.85 bits per heavy atom. The van der Waals surface area contributed by atoms with E-state index >= 15 is 0 Å². The highest BCUT2D eigenvalue weighted by Crippen LogP contribution is 2.37. The molecule has 0 bridgehead atoms. The third kappa shape index (κ3) is 4.14. The summed E-state index contributed by atoms with van der Waals surface area (Å²) in [4.78, 5) is 8.53. The molecule has 138 valence electrons. The first-order valence-corrected chi connectivity index (χ1v) is 8.91. The van der Waals surface area contributed by atoms with Gasteiger partial charge in [0.1, 0.15) is 16.9 Å². The zero-order chi connectivity index (χ0) is 19.6. The Morgan fingerprint density at radius 1 is 1.15 bits per heavy atom. The highest BCUT2D eigenvalue weighted by Gasteiger charge is 2.35. The molecule has 0 N–H and O–H groups in total. The van der Waals surface area contributed by atoms with Crippen LogP contribution in [0.15, 0.2) is 45.8 Å². The lowest BCUT2D eigenvalue weighted by molar-refractivity contribution is -0.138. The molecule has 3 rings (SSSR count). The quantitative estimate of drug-likeness (QED) is 0.549. The van der Waals surface area contributed by atoms with Crippen LogP contribution in [0.25, 0.3) is 11.5 Å². The molecule has 2 heterocycles. The minimum Gasteiger partial charge on any atom is -0.441 e. The molecule has 0 aliphatic carbocycles. The zero-order valence-electron chi connectivity index (χ0n) is 14.5. The lowest BCUT2D eigenvalue weighted by atomic mass is 10.1. The summed E-state index contributed by atoms with van der Waals surface area (Å²) in [5, 5.41) is 9.26. The minimum absolute atomic E-state index is 0.0356. The molecule has 8 heteroatoms. The van der Waals surface area contributed by atoms with Gasteiger partial charge in [0.2, 0.25) is 5.89 Å². The number of aryl methyl sites for hydroxylation is 2. The zero-order valence-corrected chi connectivity index (χ0v) is 15.3. The number of nitrogens with zero attached hydrogens (tertiary/aromatic N) is 3. The van der Waals surface area contributed by atoms with Crippen LogP contribution in [0.2, 0.25) is 0 Å². The summed E-state index contributed by atoms with van der Waals surface area (Å²) in [5.41, 5.74) is 0.164. The molecule has 27 heavy (non-hydrogen) atoms. The van der Waals surface area contributed by atoms with Crippen LogP contribution in [-0.2, 0) is 11.9 Å². The van der Waals surface area contributed by atoms with Gasteiger partial charge in [-0.3, -0.25) is 0 Å². The SMILES string of the molecule is Cc1cc(C(F)(F)F)c(C#N)c(SCc2nc(-c3ccccc3)oc2C)n1. The number of halogens is 3. The standard InChI is InChI=1S/C19H14F3N3OS/c1-11-8-15(19(20,21)22)14(9-23)18(24-11)27-10-16-12(2)26-17(25-16)13-6-4-3-5-7-13/h3-8H,10H2,1-2H3. The summed E-state index contributed by atoms with van der Waals surface area (Å²) >= 11 is 1.04. The number of aromatic nitrogens is 2. The van der Waals surface area contributed by atoms with Crippen LogP contribution in [0, 0.1) is 25.2 Å². The smallest absolute Gasteiger partial charge is 0.417 e. The lowest BCUT2D eigenvalue weighted by Gasteiger charge is -2.12. The summed E-state index contributed by atoms with van der Waals surface area (Å²) in [6.45, 7) is 3.21. The largest absolute Gasteiger partial charge is 0.441 e. The minimum atomic E-state index is -4.61. The van der Waals surface area contributed by atoms with Crippen molar-refractivity contribution in [1.82, 2.24) is 9.97 Å². The number of oxazole rings is 1. The molecular weight excluding hydrogens is 375 g/mol.